The molecular formula is C15H20N4OS2. The molecule has 1 aliphatic carbocycles. The highest BCUT2D eigenvalue weighted by Gasteiger charge is 2.32. The maximum absolute atomic E-state index is 12.1. The number of hydrogen-bond donors (Lipinski definition) is 2. The van der Waals surface area contributed by atoms with Crippen LogP contribution >= 0.6 is 22.7 Å². The van der Waals surface area contributed by atoms with Crippen LogP contribution in [0.5, 0.6) is 0 Å². The van der Waals surface area contributed by atoms with Crippen molar-refractivity contribution in [2.24, 2.45) is 0 Å². The van der Waals surface area contributed by atoms with Gasteiger partial charge in [-0.2, -0.15) is 0 Å². The number of carbonyl (C=O) groups excluding carboxylic acids is 1. The quantitative estimate of drug-likeness (QED) is 0.903. The summed E-state index contributed by atoms with van der Waals surface area (Å²) >= 11 is 3.21. The van der Waals surface area contributed by atoms with Crippen LogP contribution in [-0.4, -0.2) is 41.1 Å². The Bertz CT molecular complexity index is 651. The van der Waals surface area contributed by atoms with Crippen LogP contribution in [0.2, 0.25) is 0 Å². The molecular weight excluding hydrogens is 316 g/mol. The Morgan fingerprint density at radius 1 is 1.27 bits per heavy atom. The van der Waals surface area contributed by atoms with Crippen molar-refractivity contribution in [2.75, 3.05) is 18.4 Å². The monoisotopic (exact) mass is 336 g/mol. The lowest BCUT2D eigenvalue weighted by Gasteiger charge is -2.32. The number of aromatic nitrogens is 1. The second-order valence-electron chi connectivity index (χ2n) is 6.19. The van der Waals surface area contributed by atoms with Crippen LogP contribution in [0.4, 0.5) is 9.93 Å². The van der Waals surface area contributed by atoms with Crippen LogP contribution in [0.25, 0.3) is 9.53 Å². The molecule has 0 aromatic carbocycles. The van der Waals surface area contributed by atoms with E-state index in [4.69, 9.17) is 0 Å². The van der Waals surface area contributed by atoms with Crippen molar-refractivity contribution in [3.05, 3.63) is 10.9 Å². The Morgan fingerprint density at radius 2 is 2.05 bits per heavy atom. The molecule has 22 heavy (non-hydrogen) atoms. The van der Waals surface area contributed by atoms with E-state index >= 15 is 0 Å². The number of amides is 2. The molecule has 7 heteroatoms. The first-order valence-corrected chi connectivity index (χ1v) is 9.49. The van der Waals surface area contributed by atoms with Crippen LogP contribution in [0.1, 0.15) is 30.6 Å². The molecule has 2 N–H and O–H groups in total. The predicted octanol–water partition coefficient (Wildman–Crippen LogP) is 3.41. The number of fused-ring (bicyclic) bond motifs is 1. The number of rotatable bonds is 3. The first kappa shape index (κ1) is 14.4. The molecule has 4 rings (SSSR count). The fourth-order valence-electron chi connectivity index (χ4n) is 3.07. The molecule has 2 aromatic heterocycles. The lowest BCUT2D eigenvalue weighted by Crippen LogP contribution is -2.46. The van der Waals surface area contributed by atoms with E-state index in [2.05, 4.69) is 33.5 Å². The zero-order chi connectivity index (χ0) is 15.1. The molecule has 0 bridgehead atoms. The number of thiophene rings is 1. The Hall–Kier alpha value is -1.18. The summed E-state index contributed by atoms with van der Waals surface area (Å²) in [5.74, 6) is 0. The molecule has 2 fully saturated rings. The van der Waals surface area contributed by atoms with E-state index in [1.165, 1.54) is 17.7 Å². The minimum Gasteiger partial charge on any atom is -0.335 e. The average Bonchev–Trinajstić information content (AvgIpc) is 3.17. The van der Waals surface area contributed by atoms with Crippen molar-refractivity contribution in [1.29, 1.82) is 0 Å². The van der Waals surface area contributed by atoms with Crippen molar-refractivity contribution in [3.8, 4) is 0 Å². The minimum atomic E-state index is -0.122. The van der Waals surface area contributed by atoms with Gasteiger partial charge in [0, 0.05) is 30.1 Å². The first-order valence-electron chi connectivity index (χ1n) is 7.86. The average molecular weight is 336 g/mol. The number of aryl methyl sites for hydroxylation is 1. The molecule has 2 amide bonds. The number of nitrogens with zero attached hydrogens (tertiary/aromatic N) is 2. The Balaban J connectivity index is 1.29. The number of hydrogen-bond acceptors (Lipinski definition) is 5. The summed E-state index contributed by atoms with van der Waals surface area (Å²) in [7, 11) is 0. The van der Waals surface area contributed by atoms with Crippen molar-refractivity contribution in [3.63, 3.8) is 0 Å². The van der Waals surface area contributed by atoms with Crippen molar-refractivity contribution >= 4 is 43.4 Å². The number of anilines is 1. The molecule has 118 valence electrons. The minimum absolute atomic E-state index is 0.122. The highest BCUT2D eigenvalue weighted by atomic mass is 32.1. The molecule has 5 nitrogen and oxygen atoms in total. The summed E-state index contributed by atoms with van der Waals surface area (Å²) in [4.78, 5) is 21.4. The number of piperidine rings is 1. The smallest absolute Gasteiger partial charge is 0.321 e. The largest absolute Gasteiger partial charge is 0.335 e. The van der Waals surface area contributed by atoms with Crippen LogP contribution in [0, 0.1) is 6.92 Å². The number of likely N-dealkylation sites (tertiary alicyclic amines) is 1. The Morgan fingerprint density at radius 3 is 2.73 bits per heavy atom. The number of carbonyl (C=O) groups is 1. The molecule has 0 unspecified atom stereocenters. The molecule has 0 atom stereocenters. The van der Waals surface area contributed by atoms with Gasteiger partial charge >= 0.3 is 6.03 Å². The van der Waals surface area contributed by atoms with Gasteiger partial charge in [0.15, 0.2) is 5.13 Å². The van der Waals surface area contributed by atoms with E-state index < -0.39 is 0 Å². The Labute approximate surface area is 137 Å². The topological polar surface area (TPSA) is 57.3 Å². The molecule has 2 aliphatic rings. The number of urea groups is 1. The van der Waals surface area contributed by atoms with Crippen molar-refractivity contribution in [1.82, 2.24) is 15.2 Å². The van der Waals surface area contributed by atoms with E-state index in [-0.39, 0.29) is 6.03 Å². The fourth-order valence-corrected chi connectivity index (χ4v) is 5.09. The van der Waals surface area contributed by atoms with Crippen molar-refractivity contribution in [2.45, 2.75) is 44.7 Å². The fraction of sp³-hybridized carbons (Fsp3) is 0.600. The van der Waals surface area contributed by atoms with Gasteiger partial charge in [0.05, 0.1) is 4.70 Å². The molecule has 2 aromatic rings. The van der Waals surface area contributed by atoms with Gasteiger partial charge in [0.25, 0.3) is 0 Å². The first-order chi connectivity index (χ1) is 10.7. The molecule has 1 aliphatic heterocycles. The van der Waals surface area contributed by atoms with E-state index in [9.17, 15) is 4.79 Å². The summed E-state index contributed by atoms with van der Waals surface area (Å²) in [6, 6.07) is 3.12. The lowest BCUT2D eigenvalue weighted by molar-refractivity contribution is 0.189. The summed E-state index contributed by atoms with van der Waals surface area (Å²) in [5.41, 5.74) is 0. The van der Waals surface area contributed by atoms with Gasteiger partial charge < -0.3 is 10.2 Å². The lowest BCUT2D eigenvalue weighted by atomic mass is 10.1. The third-order valence-corrected chi connectivity index (χ3v) is 6.35. The summed E-state index contributed by atoms with van der Waals surface area (Å²) in [5, 5.41) is 6.66. The van der Waals surface area contributed by atoms with E-state index in [1.807, 2.05) is 0 Å². The molecule has 3 heterocycles. The number of nitrogens with one attached hydrogen (secondary N) is 2. The molecule has 0 spiro atoms. The highest BCUT2D eigenvalue weighted by molar-refractivity contribution is 7.29. The van der Waals surface area contributed by atoms with Crippen LogP contribution in [0.15, 0.2) is 6.07 Å². The van der Waals surface area contributed by atoms with E-state index in [1.54, 1.807) is 22.7 Å². The zero-order valence-electron chi connectivity index (χ0n) is 12.6. The summed E-state index contributed by atoms with van der Waals surface area (Å²) in [6.45, 7) is 4.30. The zero-order valence-corrected chi connectivity index (χ0v) is 14.2. The van der Waals surface area contributed by atoms with Gasteiger partial charge in [-0.05, 0) is 38.7 Å². The van der Waals surface area contributed by atoms with Gasteiger partial charge in [-0.3, -0.25) is 5.32 Å². The van der Waals surface area contributed by atoms with Gasteiger partial charge in [-0.15, -0.1) is 11.3 Å². The van der Waals surface area contributed by atoms with Crippen molar-refractivity contribution < 1.29 is 4.79 Å². The SMILES string of the molecule is Cc1cc2sc(NC(=O)NC3CCN(C4CC4)CC3)nc2s1. The highest BCUT2D eigenvalue weighted by Crippen LogP contribution is 2.32. The van der Waals surface area contributed by atoms with Gasteiger partial charge in [0.2, 0.25) is 0 Å². The second-order valence-corrected chi connectivity index (χ2v) is 8.45. The standard InChI is InChI=1S/C15H20N4OS2/c1-9-8-12-13(21-9)17-15(22-12)18-14(20)16-10-4-6-19(7-5-10)11-2-3-11/h8,10-11H,2-7H2,1H3,(H2,16,17,18,20). The predicted molar refractivity (Wildman–Crippen MR) is 92.0 cm³/mol. The molecule has 0 radical (unpaired) electrons. The Kier molecular flexibility index (Phi) is 3.79. The maximum atomic E-state index is 12.1. The molecule has 1 saturated heterocycles. The molecule has 1 saturated carbocycles. The van der Waals surface area contributed by atoms with Crippen LogP contribution < -0.4 is 10.6 Å². The maximum Gasteiger partial charge on any atom is 0.321 e. The third kappa shape index (κ3) is 3.11. The summed E-state index contributed by atoms with van der Waals surface area (Å²) in [6.07, 6.45) is 4.82. The third-order valence-electron chi connectivity index (χ3n) is 4.36. The van der Waals surface area contributed by atoms with Crippen LogP contribution in [0.3, 0.4) is 0 Å². The van der Waals surface area contributed by atoms with Gasteiger partial charge in [0.1, 0.15) is 4.83 Å². The van der Waals surface area contributed by atoms with Gasteiger partial charge in [-0.25, -0.2) is 9.78 Å². The number of thiazole rings is 1. The van der Waals surface area contributed by atoms with E-state index in [0.717, 1.165) is 41.5 Å². The summed E-state index contributed by atoms with van der Waals surface area (Å²) < 4.78 is 1.15. The normalized spacial score (nSPS) is 20.4. The second kappa shape index (κ2) is 5.79. The van der Waals surface area contributed by atoms with Gasteiger partial charge in [-0.1, -0.05) is 11.3 Å². The van der Waals surface area contributed by atoms with E-state index in [0.29, 0.717) is 11.2 Å². The van der Waals surface area contributed by atoms with Crippen LogP contribution in [-0.2, 0) is 0 Å².